The number of aromatic hydroxyl groups is 1. The first kappa shape index (κ1) is 19.2. The van der Waals surface area contributed by atoms with E-state index in [1.807, 2.05) is 0 Å². The van der Waals surface area contributed by atoms with Crippen molar-refractivity contribution in [3.8, 4) is 17.0 Å². The Morgan fingerprint density at radius 2 is 1.96 bits per heavy atom. The highest BCUT2D eigenvalue weighted by Gasteiger charge is 2.32. The molecule has 1 aromatic heterocycles. The Labute approximate surface area is 154 Å². The van der Waals surface area contributed by atoms with Gasteiger partial charge in [0.25, 0.3) is 0 Å². The summed E-state index contributed by atoms with van der Waals surface area (Å²) in [6, 6.07) is 5.15. The fourth-order valence-corrected chi connectivity index (χ4v) is 3.02. The summed E-state index contributed by atoms with van der Waals surface area (Å²) in [7, 11) is 0. The molecule has 2 heterocycles. The van der Waals surface area contributed by atoms with Crippen LogP contribution in [0.3, 0.4) is 0 Å². The fraction of sp³-hybridized carbons (Fsp3) is 0.368. The van der Waals surface area contributed by atoms with Gasteiger partial charge < -0.3 is 15.6 Å². The molecule has 1 saturated heterocycles. The number of phenolic OH excluding ortho intramolecular Hbond substituents is 1. The summed E-state index contributed by atoms with van der Waals surface area (Å²) < 4.78 is 43.9. The van der Waals surface area contributed by atoms with E-state index in [2.05, 4.69) is 9.98 Å². The van der Waals surface area contributed by atoms with Gasteiger partial charge in [0.2, 0.25) is 0 Å². The van der Waals surface area contributed by atoms with Crippen LogP contribution in [0.25, 0.3) is 11.3 Å². The van der Waals surface area contributed by atoms with Gasteiger partial charge in [-0.05, 0) is 49.6 Å². The number of alkyl halides is 3. The van der Waals surface area contributed by atoms with Crippen LogP contribution in [0.4, 0.5) is 19.0 Å². The number of nitrogens with zero attached hydrogens (tertiary/aromatic N) is 2. The number of ether oxygens (including phenoxy) is 1. The second kappa shape index (κ2) is 7.56. The number of anilines is 1. The number of phenols is 1. The lowest BCUT2D eigenvalue weighted by molar-refractivity contribution is -0.137. The Morgan fingerprint density at radius 3 is 2.56 bits per heavy atom. The highest BCUT2D eigenvalue weighted by atomic mass is 19.4. The molecule has 0 spiro atoms. The topological polar surface area (TPSA) is 80.7 Å². The number of nitrogens with two attached hydrogens (primary N) is 1. The molecule has 0 amide bonds. The standard InChI is InChI=1S/C19H20F3N3O2/c1-11-8-13(19(20,21)22)9-16(26)17(11)15-3-2-12(18(23)25-15)10-24-14-4-6-27-7-5-14/h2-3,8-10,14,26H,4-7H2,1H3,(H2,23,25). The number of aryl methyl sites for hydroxylation is 1. The van der Waals surface area contributed by atoms with E-state index in [0.29, 0.717) is 30.5 Å². The van der Waals surface area contributed by atoms with Gasteiger partial charge in [0.05, 0.1) is 17.3 Å². The molecule has 3 rings (SSSR count). The average molecular weight is 379 g/mol. The van der Waals surface area contributed by atoms with Crippen molar-refractivity contribution in [3.05, 3.63) is 41.0 Å². The third-order valence-electron chi connectivity index (χ3n) is 4.47. The van der Waals surface area contributed by atoms with E-state index < -0.39 is 17.5 Å². The molecule has 0 bridgehead atoms. The second-order valence-corrected chi connectivity index (χ2v) is 6.48. The summed E-state index contributed by atoms with van der Waals surface area (Å²) in [4.78, 5) is 8.73. The zero-order chi connectivity index (χ0) is 19.6. The van der Waals surface area contributed by atoms with Crippen molar-refractivity contribution in [2.45, 2.75) is 32.0 Å². The van der Waals surface area contributed by atoms with Gasteiger partial charge in [-0.2, -0.15) is 13.2 Å². The van der Waals surface area contributed by atoms with Crippen LogP contribution in [0, 0.1) is 6.92 Å². The Kier molecular flexibility index (Phi) is 5.36. The SMILES string of the molecule is Cc1cc(C(F)(F)F)cc(O)c1-c1ccc(C=NC2CCOCC2)c(N)n1. The molecule has 3 N–H and O–H groups in total. The molecular formula is C19H20F3N3O2. The summed E-state index contributed by atoms with van der Waals surface area (Å²) in [6.45, 7) is 2.85. The van der Waals surface area contributed by atoms with Crippen molar-refractivity contribution >= 4 is 12.0 Å². The lowest BCUT2D eigenvalue weighted by Crippen LogP contribution is -2.18. The van der Waals surface area contributed by atoms with Crippen molar-refractivity contribution in [3.63, 3.8) is 0 Å². The predicted molar refractivity (Wildman–Crippen MR) is 96.9 cm³/mol. The molecule has 0 aliphatic carbocycles. The zero-order valence-corrected chi connectivity index (χ0v) is 14.8. The van der Waals surface area contributed by atoms with Gasteiger partial charge in [-0.3, -0.25) is 4.99 Å². The van der Waals surface area contributed by atoms with E-state index in [0.717, 1.165) is 18.9 Å². The first-order valence-corrected chi connectivity index (χ1v) is 8.54. The van der Waals surface area contributed by atoms with Crippen molar-refractivity contribution in [1.29, 1.82) is 0 Å². The maximum absolute atomic E-state index is 12.9. The summed E-state index contributed by atoms with van der Waals surface area (Å²) >= 11 is 0. The van der Waals surface area contributed by atoms with Gasteiger partial charge in [0.15, 0.2) is 0 Å². The van der Waals surface area contributed by atoms with E-state index in [9.17, 15) is 18.3 Å². The first-order valence-electron chi connectivity index (χ1n) is 8.54. The minimum atomic E-state index is -4.53. The lowest BCUT2D eigenvalue weighted by Gasteiger charge is -2.18. The largest absolute Gasteiger partial charge is 0.507 e. The highest BCUT2D eigenvalue weighted by Crippen LogP contribution is 2.38. The molecule has 2 aromatic rings. The lowest BCUT2D eigenvalue weighted by atomic mass is 10.00. The van der Waals surface area contributed by atoms with Gasteiger partial charge >= 0.3 is 6.18 Å². The van der Waals surface area contributed by atoms with Gasteiger partial charge in [-0.1, -0.05) is 0 Å². The van der Waals surface area contributed by atoms with Crippen LogP contribution in [0.1, 0.15) is 29.5 Å². The summed E-state index contributed by atoms with van der Waals surface area (Å²) in [5, 5.41) is 10.1. The summed E-state index contributed by atoms with van der Waals surface area (Å²) in [5.41, 5.74) is 6.49. The molecular weight excluding hydrogens is 359 g/mol. The minimum absolute atomic E-state index is 0.180. The van der Waals surface area contributed by atoms with Crippen LogP contribution in [-0.2, 0) is 10.9 Å². The number of pyridine rings is 1. The van der Waals surface area contributed by atoms with E-state index in [4.69, 9.17) is 10.5 Å². The number of hydrogen-bond donors (Lipinski definition) is 2. The van der Waals surface area contributed by atoms with Crippen molar-refractivity contribution < 1.29 is 23.0 Å². The van der Waals surface area contributed by atoms with E-state index in [1.165, 1.54) is 6.92 Å². The maximum atomic E-state index is 12.9. The number of halogens is 3. The molecule has 1 aromatic carbocycles. The summed E-state index contributed by atoms with van der Waals surface area (Å²) in [6.07, 6.45) is -1.18. The maximum Gasteiger partial charge on any atom is 0.416 e. The zero-order valence-electron chi connectivity index (χ0n) is 14.8. The molecule has 5 nitrogen and oxygen atoms in total. The smallest absolute Gasteiger partial charge is 0.416 e. The van der Waals surface area contributed by atoms with Gasteiger partial charge in [0.1, 0.15) is 11.6 Å². The van der Waals surface area contributed by atoms with Crippen LogP contribution in [-0.4, -0.2) is 35.6 Å². The van der Waals surface area contributed by atoms with Gasteiger partial charge in [-0.25, -0.2) is 4.98 Å². The Hall–Kier alpha value is -2.61. The second-order valence-electron chi connectivity index (χ2n) is 6.48. The van der Waals surface area contributed by atoms with Gasteiger partial charge in [-0.15, -0.1) is 0 Å². The van der Waals surface area contributed by atoms with E-state index in [-0.39, 0.29) is 23.0 Å². The predicted octanol–water partition coefficient (Wildman–Crippen LogP) is 3.96. The molecule has 1 aliphatic heterocycles. The molecule has 1 fully saturated rings. The van der Waals surface area contributed by atoms with E-state index in [1.54, 1.807) is 18.3 Å². The molecule has 0 radical (unpaired) electrons. The number of nitrogen functional groups attached to an aromatic ring is 1. The molecule has 27 heavy (non-hydrogen) atoms. The minimum Gasteiger partial charge on any atom is -0.507 e. The summed E-state index contributed by atoms with van der Waals surface area (Å²) in [5.74, 6) is -0.292. The quantitative estimate of drug-likeness (QED) is 0.791. The van der Waals surface area contributed by atoms with Crippen LogP contribution in [0.15, 0.2) is 29.3 Å². The number of benzene rings is 1. The van der Waals surface area contributed by atoms with Crippen molar-refractivity contribution in [1.82, 2.24) is 4.98 Å². The van der Waals surface area contributed by atoms with Crippen LogP contribution >= 0.6 is 0 Å². The number of rotatable bonds is 3. The molecule has 0 atom stereocenters. The average Bonchev–Trinajstić information content (AvgIpc) is 2.60. The first-order chi connectivity index (χ1) is 12.8. The number of aromatic nitrogens is 1. The van der Waals surface area contributed by atoms with Crippen LogP contribution < -0.4 is 5.73 Å². The van der Waals surface area contributed by atoms with Gasteiger partial charge in [0, 0.05) is 30.6 Å². The third-order valence-corrected chi connectivity index (χ3v) is 4.47. The normalized spacial score (nSPS) is 16.1. The van der Waals surface area contributed by atoms with E-state index >= 15 is 0 Å². The highest BCUT2D eigenvalue weighted by molar-refractivity contribution is 5.87. The van der Waals surface area contributed by atoms with Crippen molar-refractivity contribution in [2.75, 3.05) is 18.9 Å². The van der Waals surface area contributed by atoms with Crippen molar-refractivity contribution in [2.24, 2.45) is 4.99 Å². The third kappa shape index (κ3) is 4.39. The molecule has 144 valence electrons. The Balaban J connectivity index is 1.88. The van der Waals surface area contributed by atoms with Crippen LogP contribution in [0.5, 0.6) is 5.75 Å². The Bertz CT molecular complexity index is 837. The molecule has 0 unspecified atom stereocenters. The number of aliphatic imine (C=N–C) groups is 1. The Morgan fingerprint density at radius 1 is 1.26 bits per heavy atom. The fourth-order valence-electron chi connectivity index (χ4n) is 3.02. The number of hydrogen-bond acceptors (Lipinski definition) is 5. The molecule has 8 heteroatoms. The molecule has 1 aliphatic rings. The van der Waals surface area contributed by atoms with Crippen LogP contribution in [0.2, 0.25) is 0 Å². The monoisotopic (exact) mass is 379 g/mol. The molecule has 0 saturated carbocycles.